The van der Waals surface area contributed by atoms with Crippen molar-refractivity contribution in [2.24, 2.45) is 17.6 Å². The van der Waals surface area contributed by atoms with Crippen LogP contribution in [0.15, 0.2) is 18.2 Å². The van der Waals surface area contributed by atoms with Gasteiger partial charge in [-0.15, -0.1) is 0 Å². The number of ether oxygens (including phenoxy) is 2. The molecule has 1 aromatic rings. The van der Waals surface area contributed by atoms with Crippen molar-refractivity contribution < 1.29 is 9.47 Å². The third kappa shape index (κ3) is 2.08. The van der Waals surface area contributed by atoms with Gasteiger partial charge in [0.1, 0.15) is 17.1 Å². The van der Waals surface area contributed by atoms with Crippen molar-refractivity contribution in [2.75, 3.05) is 7.11 Å². The lowest BCUT2D eigenvalue weighted by Gasteiger charge is -2.49. The Morgan fingerprint density at radius 1 is 1.35 bits per heavy atom. The maximum Gasteiger partial charge on any atom is 0.128 e. The number of nitrogens with two attached hydrogens (primary N) is 1. The molecule has 1 aliphatic carbocycles. The average molecular weight is 275 g/mol. The Balaban J connectivity index is 1.98. The Kier molecular flexibility index (Phi) is 3.41. The summed E-state index contributed by atoms with van der Waals surface area (Å²) in [5.74, 6) is 3.00. The molecule has 20 heavy (non-hydrogen) atoms. The van der Waals surface area contributed by atoms with Gasteiger partial charge in [0.25, 0.3) is 0 Å². The molecular formula is C17H25NO2. The van der Waals surface area contributed by atoms with E-state index >= 15 is 0 Å². The first-order chi connectivity index (χ1) is 9.55. The molecule has 4 atom stereocenters. The van der Waals surface area contributed by atoms with Gasteiger partial charge in [-0.3, -0.25) is 0 Å². The lowest BCUT2D eigenvalue weighted by molar-refractivity contribution is -0.0615. The molecule has 0 saturated heterocycles. The molecule has 1 fully saturated rings. The summed E-state index contributed by atoms with van der Waals surface area (Å²) in [4.78, 5) is 0. The van der Waals surface area contributed by atoms with E-state index in [2.05, 4.69) is 13.8 Å². The molecule has 2 aliphatic rings. The molecule has 0 amide bonds. The fourth-order valence-corrected chi connectivity index (χ4v) is 3.93. The van der Waals surface area contributed by atoms with Crippen molar-refractivity contribution in [1.29, 1.82) is 0 Å². The van der Waals surface area contributed by atoms with E-state index in [1.54, 1.807) is 7.11 Å². The summed E-state index contributed by atoms with van der Waals surface area (Å²) < 4.78 is 11.8. The van der Waals surface area contributed by atoms with E-state index in [1.807, 2.05) is 18.2 Å². The van der Waals surface area contributed by atoms with Gasteiger partial charge in [-0.05, 0) is 30.7 Å². The second-order valence-corrected chi connectivity index (χ2v) is 6.54. The maximum atomic E-state index is 6.50. The second-order valence-electron chi connectivity index (χ2n) is 6.54. The summed E-state index contributed by atoms with van der Waals surface area (Å²) in [6.07, 6.45) is 4.57. The summed E-state index contributed by atoms with van der Waals surface area (Å²) in [7, 11) is 1.69. The molecule has 110 valence electrons. The van der Waals surface area contributed by atoms with Crippen LogP contribution in [0.25, 0.3) is 0 Å². The molecule has 2 N–H and O–H groups in total. The monoisotopic (exact) mass is 275 g/mol. The van der Waals surface area contributed by atoms with E-state index in [0.717, 1.165) is 29.9 Å². The predicted molar refractivity (Wildman–Crippen MR) is 80.1 cm³/mol. The SMILES string of the molecule is COc1ccc2c(c1)OC1(CCCC(C)C1C)C[C@H]2N. The molecule has 3 nitrogen and oxygen atoms in total. The average Bonchev–Trinajstić information content (AvgIpc) is 2.44. The molecule has 0 aromatic heterocycles. The molecular weight excluding hydrogens is 250 g/mol. The molecule has 1 saturated carbocycles. The summed E-state index contributed by atoms with van der Waals surface area (Å²) in [5.41, 5.74) is 7.46. The van der Waals surface area contributed by atoms with Crippen LogP contribution in [0.2, 0.25) is 0 Å². The molecule has 0 bridgehead atoms. The van der Waals surface area contributed by atoms with Crippen LogP contribution in [0.3, 0.4) is 0 Å². The van der Waals surface area contributed by atoms with Crippen molar-refractivity contribution >= 4 is 0 Å². The highest BCUT2D eigenvalue weighted by atomic mass is 16.5. The van der Waals surface area contributed by atoms with Gasteiger partial charge < -0.3 is 15.2 Å². The van der Waals surface area contributed by atoms with E-state index in [-0.39, 0.29) is 11.6 Å². The Hall–Kier alpha value is -1.22. The quantitative estimate of drug-likeness (QED) is 0.850. The molecule has 3 unspecified atom stereocenters. The zero-order chi connectivity index (χ0) is 14.3. The van der Waals surface area contributed by atoms with Crippen molar-refractivity contribution in [3.63, 3.8) is 0 Å². The van der Waals surface area contributed by atoms with Crippen LogP contribution < -0.4 is 15.2 Å². The van der Waals surface area contributed by atoms with Crippen LogP contribution in [-0.2, 0) is 0 Å². The van der Waals surface area contributed by atoms with Crippen LogP contribution in [-0.4, -0.2) is 12.7 Å². The van der Waals surface area contributed by atoms with Crippen molar-refractivity contribution in [3.8, 4) is 11.5 Å². The van der Waals surface area contributed by atoms with Crippen molar-refractivity contribution in [1.82, 2.24) is 0 Å². The van der Waals surface area contributed by atoms with Crippen LogP contribution >= 0.6 is 0 Å². The summed E-state index contributed by atoms with van der Waals surface area (Å²) in [6.45, 7) is 4.66. The zero-order valence-electron chi connectivity index (χ0n) is 12.7. The largest absolute Gasteiger partial charge is 0.497 e. The lowest BCUT2D eigenvalue weighted by atomic mass is 9.66. The van der Waals surface area contributed by atoms with Crippen LogP contribution in [0.4, 0.5) is 0 Å². The first-order valence-electron chi connectivity index (χ1n) is 7.68. The molecule has 1 heterocycles. The van der Waals surface area contributed by atoms with E-state index in [4.69, 9.17) is 15.2 Å². The van der Waals surface area contributed by atoms with E-state index < -0.39 is 0 Å². The van der Waals surface area contributed by atoms with Gasteiger partial charge in [-0.1, -0.05) is 26.3 Å². The highest BCUT2D eigenvalue weighted by Crippen LogP contribution is 2.50. The van der Waals surface area contributed by atoms with Gasteiger partial charge in [0.05, 0.1) is 7.11 Å². The van der Waals surface area contributed by atoms with Crippen LogP contribution in [0, 0.1) is 11.8 Å². The van der Waals surface area contributed by atoms with Gasteiger partial charge in [0.15, 0.2) is 0 Å². The minimum atomic E-state index is -0.0869. The Labute approximate surface area is 121 Å². The zero-order valence-corrected chi connectivity index (χ0v) is 12.7. The maximum absolute atomic E-state index is 6.50. The van der Waals surface area contributed by atoms with Crippen LogP contribution in [0.5, 0.6) is 11.5 Å². The molecule has 3 rings (SSSR count). The molecule has 1 aromatic carbocycles. The topological polar surface area (TPSA) is 44.5 Å². The number of methoxy groups -OCH3 is 1. The second kappa shape index (κ2) is 4.96. The number of hydrogen-bond acceptors (Lipinski definition) is 3. The van der Waals surface area contributed by atoms with Gasteiger partial charge in [-0.25, -0.2) is 0 Å². The summed E-state index contributed by atoms with van der Waals surface area (Å²) >= 11 is 0. The minimum absolute atomic E-state index is 0.0670. The van der Waals surface area contributed by atoms with Gasteiger partial charge in [0.2, 0.25) is 0 Å². The first-order valence-corrected chi connectivity index (χ1v) is 7.68. The fraction of sp³-hybridized carbons (Fsp3) is 0.647. The summed E-state index contributed by atoms with van der Waals surface area (Å²) in [6, 6.07) is 6.06. The third-order valence-electron chi connectivity index (χ3n) is 5.44. The van der Waals surface area contributed by atoms with Gasteiger partial charge in [0, 0.05) is 24.1 Å². The summed E-state index contributed by atoms with van der Waals surface area (Å²) in [5, 5.41) is 0. The Morgan fingerprint density at radius 3 is 2.90 bits per heavy atom. The van der Waals surface area contributed by atoms with Crippen molar-refractivity contribution in [3.05, 3.63) is 23.8 Å². The van der Waals surface area contributed by atoms with Crippen LogP contribution in [0.1, 0.15) is 51.1 Å². The third-order valence-corrected chi connectivity index (χ3v) is 5.44. The first kappa shape index (κ1) is 13.7. The number of benzene rings is 1. The standard InChI is InChI=1S/C17H25NO2/c1-11-5-4-8-17(12(11)2)10-15(18)14-7-6-13(19-3)9-16(14)20-17/h6-7,9,11-12,15H,4-5,8,10,18H2,1-3H3/t11?,12?,15-,17?/m1/s1. The molecule has 1 aliphatic heterocycles. The number of fused-ring (bicyclic) bond motifs is 1. The highest BCUT2D eigenvalue weighted by molar-refractivity contribution is 5.44. The number of hydrogen-bond donors (Lipinski definition) is 1. The Morgan fingerprint density at radius 2 is 2.15 bits per heavy atom. The molecule has 0 radical (unpaired) electrons. The lowest BCUT2D eigenvalue weighted by Crippen LogP contribution is -2.51. The van der Waals surface area contributed by atoms with E-state index in [9.17, 15) is 0 Å². The van der Waals surface area contributed by atoms with Gasteiger partial charge in [-0.2, -0.15) is 0 Å². The normalized spacial score (nSPS) is 36.3. The Bertz CT molecular complexity index is 502. The molecule has 3 heteroatoms. The van der Waals surface area contributed by atoms with Gasteiger partial charge >= 0.3 is 0 Å². The smallest absolute Gasteiger partial charge is 0.128 e. The minimum Gasteiger partial charge on any atom is -0.497 e. The number of rotatable bonds is 1. The molecule has 1 spiro atoms. The predicted octanol–water partition coefficient (Wildman–Crippen LogP) is 3.67. The highest BCUT2D eigenvalue weighted by Gasteiger charge is 2.47. The van der Waals surface area contributed by atoms with E-state index in [0.29, 0.717) is 11.8 Å². The van der Waals surface area contributed by atoms with Crippen molar-refractivity contribution in [2.45, 2.75) is 51.2 Å². The van der Waals surface area contributed by atoms with E-state index in [1.165, 1.54) is 12.8 Å². The fourth-order valence-electron chi connectivity index (χ4n) is 3.93.